The summed E-state index contributed by atoms with van der Waals surface area (Å²) in [5.41, 5.74) is 0.155. The molecule has 0 aliphatic rings. The Kier molecular flexibility index (Phi) is 8.52. The monoisotopic (exact) mass is 192 g/mol. The molecule has 6 heteroatoms. The Hall–Kier alpha value is -0.645. The van der Waals surface area contributed by atoms with E-state index in [-0.39, 0.29) is 43.3 Å². The number of carbonyl (C=O) groups excluding carboxylic acids is 2. The summed E-state index contributed by atoms with van der Waals surface area (Å²) in [6.07, 6.45) is 0. The Morgan fingerprint density at radius 1 is 0.933 bits per heavy atom. The van der Waals surface area contributed by atoms with E-state index in [9.17, 15) is 19.8 Å². The number of aliphatic carboxylic acids is 2. The number of benzene rings is 1. The third-order valence-electron chi connectivity index (χ3n) is 1.60. The molecule has 0 spiro atoms. The van der Waals surface area contributed by atoms with Crippen LogP contribution >= 0.6 is 0 Å². The van der Waals surface area contributed by atoms with Crippen LogP contribution in [0.2, 0.25) is 0 Å². The quantitative estimate of drug-likeness (QED) is 0.352. The molecule has 0 saturated carbocycles. The Bertz CT molecular complexity index is 312. The maximum absolute atomic E-state index is 10.4. The molecule has 0 atom stereocenters. The molecular formula is C9H6Li2O4. The van der Waals surface area contributed by atoms with Crippen molar-refractivity contribution in [1.29, 1.82) is 0 Å². The van der Waals surface area contributed by atoms with Gasteiger partial charge in [0, 0.05) is 0 Å². The number of carboxylic acid groups (broad SMARTS) is 2. The molecule has 0 radical (unpaired) electrons. The van der Waals surface area contributed by atoms with Crippen molar-refractivity contribution in [1.82, 2.24) is 0 Å². The van der Waals surface area contributed by atoms with Crippen molar-refractivity contribution in [3.05, 3.63) is 35.9 Å². The molecule has 0 aromatic heterocycles. The maximum atomic E-state index is 10.4. The van der Waals surface area contributed by atoms with Gasteiger partial charge in [-0.15, -0.1) is 0 Å². The molecule has 68 valence electrons. The van der Waals surface area contributed by atoms with E-state index in [1.807, 2.05) is 0 Å². The van der Waals surface area contributed by atoms with Gasteiger partial charge in [-0.3, -0.25) is 0 Å². The summed E-state index contributed by atoms with van der Waals surface area (Å²) in [6.45, 7) is 0. The van der Waals surface area contributed by atoms with E-state index >= 15 is 0 Å². The second kappa shape index (κ2) is 7.62. The van der Waals surface area contributed by atoms with Crippen LogP contribution in [-0.2, 0) is 9.59 Å². The van der Waals surface area contributed by atoms with Crippen molar-refractivity contribution in [2.24, 2.45) is 0 Å². The van der Waals surface area contributed by atoms with E-state index in [0.29, 0.717) is 0 Å². The van der Waals surface area contributed by atoms with Crippen molar-refractivity contribution < 1.29 is 57.5 Å². The Morgan fingerprint density at radius 2 is 1.33 bits per heavy atom. The zero-order valence-corrected chi connectivity index (χ0v) is 8.60. The van der Waals surface area contributed by atoms with Crippen molar-refractivity contribution in [3.8, 4) is 0 Å². The predicted molar refractivity (Wildman–Crippen MR) is 39.2 cm³/mol. The molecule has 0 unspecified atom stereocenters. The van der Waals surface area contributed by atoms with Gasteiger partial charge in [-0.25, -0.2) is 0 Å². The van der Waals surface area contributed by atoms with E-state index in [4.69, 9.17) is 0 Å². The van der Waals surface area contributed by atoms with Crippen LogP contribution in [0, 0.1) is 0 Å². The number of carboxylic acids is 2. The summed E-state index contributed by atoms with van der Waals surface area (Å²) in [5.74, 6) is -5.02. The van der Waals surface area contributed by atoms with Gasteiger partial charge in [0.25, 0.3) is 0 Å². The average Bonchev–Trinajstić information content (AvgIpc) is 2.04. The second-order valence-electron chi connectivity index (χ2n) is 2.48. The van der Waals surface area contributed by atoms with Crippen LogP contribution in [0.4, 0.5) is 0 Å². The molecule has 0 saturated heterocycles. The summed E-state index contributed by atoms with van der Waals surface area (Å²) in [7, 11) is 0. The topological polar surface area (TPSA) is 80.3 Å². The van der Waals surface area contributed by atoms with Crippen molar-refractivity contribution in [2.45, 2.75) is 5.92 Å². The number of rotatable bonds is 3. The van der Waals surface area contributed by atoms with Crippen LogP contribution < -0.4 is 47.9 Å². The van der Waals surface area contributed by atoms with E-state index in [2.05, 4.69) is 0 Å². The van der Waals surface area contributed by atoms with Crippen LogP contribution in [0.15, 0.2) is 30.3 Å². The Labute approximate surface area is 111 Å². The smallest absolute Gasteiger partial charge is 0.549 e. The van der Waals surface area contributed by atoms with Gasteiger partial charge in [0.05, 0.1) is 17.9 Å². The molecule has 0 fully saturated rings. The standard InChI is InChI=1S/C9H8O4.2Li/c10-8(11)7(9(12)13)6-4-2-1-3-5-6;;/h1-5,7H,(H,10,11)(H,12,13);;/q;2*+1/p-2. The summed E-state index contributed by atoms with van der Waals surface area (Å²) < 4.78 is 0. The number of hydrogen-bond acceptors (Lipinski definition) is 4. The minimum atomic E-state index is -1.69. The largest absolute Gasteiger partial charge is 1.00 e. The molecule has 1 aromatic carbocycles. The number of hydrogen-bond donors (Lipinski definition) is 0. The van der Waals surface area contributed by atoms with Crippen LogP contribution in [0.5, 0.6) is 0 Å². The van der Waals surface area contributed by atoms with Gasteiger partial charge in [-0.2, -0.15) is 0 Å². The molecule has 1 rings (SSSR count). The van der Waals surface area contributed by atoms with Gasteiger partial charge in [-0.1, -0.05) is 30.3 Å². The van der Waals surface area contributed by atoms with Gasteiger partial charge in [-0.05, 0) is 5.56 Å². The molecule has 0 bridgehead atoms. The zero-order chi connectivity index (χ0) is 9.84. The SMILES string of the molecule is O=C([O-])C(C(=O)[O-])c1ccccc1.[Li+].[Li+]. The third kappa shape index (κ3) is 4.60. The molecule has 0 aliphatic heterocycles. The van der Waals surface area contributed by atoms with E-state index in [1.165, 1.54) is 12.1 Å². The molecule has 15 heavy (non-hydrogen) atoms. The fourth-order valence-electron chi connectivity index (χ4n) is 1.01. The summed E-state index contributed by atoms with van der Waals surface area (Å²) >= 11 is 0. The first-order valence-electron chi connectivity index (χ1n) is 3.59. The van der Waals surface area contributed by atoms with Crippen LogP contribution in [0.3, 0.4) is 0 Å². The van der Waals surface area contributed by atoms with Gasteiger partial charge >= 0.3 is 37.7 Å². The Morgan fingerprint density at radius 3 is 1.67 bits per heavy atom. The van der Waals surface area contributed by atoms with Crippen LogP contribution in [0.25, 0.3) is 0 Å². The van der Waals surface area contributed by atoms with Crippen molar-refractivity contribution in [3.63, 3.8) is 0 Å². The first-order valence-corrected chi connectivity index (χ1v) is 3.59. The molecule has 0 N–H and O–H groups in total. The minimum Gasteiger partial charge on any atom is -0.549 e. The van der Waals surface area contributed by atoms with Gasteiger partial charge < -0.3 is 19.8 Å². The second-order valence-corrected chi connectivity index (χ2v) is 2.48. The fourth-order valence-corrected chi connectivity index (χ4v) is 1.01. The van der Waals surface area contributed by atoms with E-state index in [0.717, 1.165) is 0 Å². The van der Waals surface area contributed by atoms with E-state index in [1.54, 1.807) is 18.2 Å². The normalized spacial score (nSPS) is 8.60. The minimum absolute atomic E-state index is 0. The zero-order valence-electron chi connectivity index (χ0n) is 8.60. The first-order chi connectivity index (χ1) is 6.13. The van der Waals surface area contributed by atoms with Gasteiger partial charge in [0.2, 0.25) is 0 Å². The molecule has 4 nitrogen and oxygen atoms in total. The molecule has 1 aromatic rings. The fraction of sp³-hybridized carbons (Fsp3) is 0.111. The van der Waals surface area contributed by atoms with Crippen molar-refractivity contribution >= 4 is 11.9 Å². The van der Waals surface area contributed by atoms with Crippen LogP contribution in [-0.4, -0.2) is 11.9 Å². The van der Waals surface area contributed by atoms with Gasteiger partial charge in [0.1, 0.15) is 0 Å². The average molecular weight is 192 g/mol. The number of carbonyl (C=O) groups is 2. The molecule has 0 aliphatic carbocycles. The maximum Gasteiger partial charge on any atom is 1.00 e. The third-order valence-corrected chi connectivity index (χ3v) is 1.60. The van der Waals surface area contributed by atoms with Gasteiger partial charge in [0.15, 0.2) is 0 Å². The van der Waals surface area contributed by atoms with Crippen molar-refractivity contribution in [2.75, 3.05) is 0 Å². The summed E-state index contributed by atoms with van der Waals surface area (Å²) in [5, 5.41) is 20.8. The molecular weight excluding hydrogens is 186 g/mol. The predicted octanol–water partition coefficient (Wildman–Crippen LogP) is -7.72. The summed E-state index contributed by atoms with van der Waals surface area (Å²) in [6, 6.07) is 7.56. The van der Waals surface area contributed by atoms with Crippen LogP contribution in [0.1, 0.15) is 11.5 Å². The Balaban J connectivity index is 0. The van der Waals surface area contributed by atoms with E-state index < -0.39 is 17.9 Å². The summed E-state index contributed by atoms with van der Waals surface area (Å²) in [4.78, 5) is 20.8. The molecule has 0 heterocycles. The molecule has 0 amide bonds. The first kappa shape index (κ1) is 16.8.